The van der Waals surface area contributed by atoms with E-state index in [1.54, 1.807) is 30.5 Å². The number of carboxylic acid groups (broad SMARTS) is 1. The second-order valence-electron chi connectivity index (χ2n) is 4.59. The second kappa shape index (κ2) is 4.97. The van der Waals surface area contributed by atoms with Crippen molar-refractivity contribution >= 4 is 11.5 Å². The summed E-state index contributed by atoms with van der Waals surface area (Å²) in [7, 11) is 0. The Morgan fingerprint density at radius 1 is 1.38 bits per heavy atom. The largest absolute Gasteiger partial charge is 0.476 e. The first kappa shape index (κ1) is 13.2. The third kappa shape index (κ3) is 2.24. The molecule has 5 nitrogen and oxygen atoms in total. The van der Waals surface area contributed by atoms with Gasteiger partial charge in [0.1, 0.15) is 5.82 Å². The van der Waals surface area contributed by atoms with Crippen molar-refractivity contribution in [3.8, 4) is 11.4 Å². The number of hydrogen-bond donors (Lipinski definition) is 1. The third-order valence-corrected chi connectivity index (χ3v) is 3.27. The average Bonchev–Trinajstić information content (AvgIpc) is 2.94. The molecule has 0 fully saturated rings. The lowest BCUT2D eigenvalue weighted by Gasteiger charge is -2.07. The molecule has 6 heteroatoms. The van der Waals surface area contributed by atoms with E-state index in [0.29, 0.717) is 5.52 Å². The van der Waals surface area contributed by atoms with Gasteiger partial charge in [0, 0.05) is 6.20 Å². The van der Waals surface area contributed by atoms with Gasteiger partial charge in [-0.05, 0) is 36.2 Å². The zero-order valence-electron chi connectivity index (χ0n) is 11.2. The molecule has 0 aliphatic rings. The lowest BCUT2D eigenvalue weighted by atomic mass is 10.1. The lowest BCUT2D eigenvalue weighted by molar-refractivity contribution is 0.0692. The molecule has 0 saturated carbocycles. The summed E-state index contributed by atoms with van der Waals surface area (Å²) in [6.45, 7) is 1.95. The maximum Gasteiger partial charge on any atom is 0.356 e. The number of carboxylic acids is 1. The molecule has 0 saturated heterocycles. The minimum atomic E-state index is -1.17. The lowest BCUT2D eigenvalue weighted by Crippen LogP contribution is -2.08. The maximum atomic E-state index is 14.0. The molecule has 2 heterocycles. The van der Waals surface area contributed by atoms with Crippen molar-refractivity contribution in [2.45, 2.75) is 13.3 Å². The molecule has 0 unspecified atom stereocenters. The van der Waals surface area contributed by atoms with E-state index in [1.165, 1.54) is 10.6 Å². The van der Waals surface area contributed by atoms with E-state index in [-0.39, 0.29) is 17.1 Å². The highest BCUT2D eigenvalue weighted by Crippen LogP contribution is 2.22. The first-order valence-corrected chi connectivity index (χ1v) is 6.47. The van der Waals surface area contributed by atoms with E-state index in [1.807, 2.05) is 6.92 Å². The molecule has 2 aromatic heterocycles. The van der Waals surface area contributed by atoms with Crippen molar-refractivity contribution in [3.63, 3.8) is 0 Å². The molecule has 0 aliphatic carbocycles. The van der Waals surface area contributed by atoms with Gasteiger partial charge in [-0.3, -0.25) is 0 Å². The molecule has 0 aliphatic heterocycles. The molecule has 0 amide bonds. The zero-order valence-corrected chi connectivity index (χ0v) is 11.2. The molecule has 1 aromatic carbocycles. The molecule has 3 rings (SSSR count). The van der Waals surface area contributed by atoms with Crippen molar-refractivity contribution in [2.24, 2.45) is 0 Å². The number of hydrogen-bond acceptors (Lipinski definition) is 3. The molecule has 0 bridgehead atoms. The fraction of sp³-hybridized carbons (Fsp3) is 0.133. The highest BCUT2D eigenvalue weighted by Gasteiger charge is 2.17. The van der Waals surface area contributed by atoms with E-state index in [2.05, 4.69) is 10.1 Å². The Bertz CT molecular complexity index is 842. The quantitative estimate of drug-likeness (QED) is 0.803. The SMILES string of the molecule is CCc1ccc(F)c(-c2nc(C(=O)O)c3cccn3n2)c1. The summed E-state index contributed by atoms with van der Waals surface area (Å²) < 4.78 is 15.4. The van der Waals surface area contributed by atoms with Crippen LogP contribution in [0.4, 0.5) is 4.39 Å². The highest BCUT2D eigenvalue weighted by molar-refractivity contribution is 5.93. The van der Waals surface area contributed by atoms with E-state index < -0.39 is 11.8 Å². The first-order valence-electron chi connectivity index (χ1n) is 6.47. The normalized spacial score (nSPS) is 11.0. The molecule has 106 valence electrons. The van der Waals surface area contributed by atoms with E-state index in [4.69, 9.17) is 0 Å². The molecule has 21 heavy (non-hydrogen) atoms. The van der Waals surface area contributed by atoms with Gasteiger partial charge in [-0.15, -0.1) is 5.10 Å². The van der Waals surface area contributed by atoms with Gasteiger partial charge < -0.3 is 5.11 Å². The molecule has 0 atom stereocenters. The van der Waals surface area contributed by atoms with Gasteiger partial charge in [0.15, 0.2) is 11.5 Å². The van der Waals surface area contributed by atoms with Crippen molar-refractivity contribution < 1.29 is 14.3 Å². The Hall–Kier alpha value is -2.76. The number of halogens is 1. The molecule has 1 N–H and O–H groups in total. The van der Waals surface area contributed by atoms with Crippen LogP contribution in [0.2, 0.25) is 0 Å². The number of aromatic nitrogens is 3. The van der Waals surface area contributed by atoms with Gasteiger partial charge in [0.25, 0.3) is 0 Å². The molecule has 3 aromatic rings. The first-order chi connectivity index (χ1) is 10.1. The van der Waals surface area contributed by atoms with Crippen molar-refractivity contribution in [3.05, 3.63) is 53.6 Å². The zero-order chi connectivity index (χ0) is 15.0. The van der Waals surface area contributed by atoms with Crippen LogP contribution in [0.1, 0.15) is 23.0 Å². The predicted octanol–water partition coefficient (Wildman–Crippen LogP) is 2.80. The van der Waals surface area contributed by atoms with E-state index in [0.717, 1.165) is 12.0 Å². The Morgan fingerprint density at radius 3 is 2.90 bits per heavy atom. The van der Waals surface area contributed by atoms with Gasteiger partial charge in [-0.1, -0.05) is 13.0 Å². The summed E-state index contributed by atoms with van der Waals surface area (Å²) in [5, 5.41) is 13.4. The summed E-state index contributed by atoms with van der Waals surface area (Å²) in [5.74, 6) is -1.59. The molecule has 0 spiro atoms. The predicted molar refractivity (Wildman–Crippen MR) is 74.7 cm³/mol. The van der Waals surface area contributed by atoms with Gasteiger partial charge in [-0.25, -0.2) is 18.7 Å². The monoisotopic (exact) mass is 285 g/mol. The minimum Gasteiger partial charge on any atom is -0.476 e. The van der Waals surface area contributed by atoms with E-state index >= 15 is 0 Å². The van der Waals surface area contributed by atoms with Crippen LogP contribution in [-0.2, 0) is 6.42 Å². The summed E-state index contributed by atoms with van der Waals surface area (Å²) in [6, 6.07) is 7.94. The third-order valence-electron chi connectivity index (χ3n) is 3.27. The molecule has 0 radical (unpaired) electrons. The van der Waals surface area contributed by atoms with Crippen LogP contribution in [0.5, 0.6) is 0 Å². The van der Waals surface area contributed by atoms with Crippen LogP contribution in [0, 0.1) is 5.82 Å². The van der Waals surface area contributed by atoms with Crippen LogP contribution in [0.15, 0.2) is 36.5 Å². The van der Waals surface area contributed by atoms with Crippen LogP contribution in [0.25, 0.3) is 16.9 Å². The van der Waals surface area contributed by atoms with Gasteiger partial charge in [0.2, 0.25) is 0 Å². The van der Waals surface area contributed by atoms with Crippen LogP contribution in [-0.4, -0.2) is 25.7 Å². The number of benzene rings is 1. The topological polar surface area (TPSA) is 67.5 Å². The van der Waals surface area contributed by atoms with Crippen molar-refractivity contribution in [1.82, 2.24) is 14.6 Å². The highest BCUT2D eigenvalue weighted by atomic mass is 19.1. The number of carbonyl (C=O) groups is 1. The van der Waals surface area contributed by atoms with Crippen molar-refractivity contribution in [2.75, 3.05) is 0 Å². The van der Waals surface area contributed by atoms with Crippen LogP contribution in [0.3, 0.4) is 0 Å². The summed E-state index contributed by atoms with van der Waals surface area (Å²) in [5.41, 5.74) is 1.36. The molecular formula is C15H12FN3O2. The fourth-order valence-electron chi connectivity index (χ4n) is 2.17. The number of aryl methyl sites for hydroxylation is 1. The minimum absolute atomic E-state index is 0.0592. The van der Waals surface area contributed by atoms with Gasteiger partial charge in [-0.2, -0.15) is 0 Å². The van der Waals surface area contributed by atoms with Gasteiger partial charge >= 0.3 is 5.97 Å². The van der Waals surface area contributed by atoms with Crippen LogP contribution >= 0.6 is 0 Å². The summed E-state index contributed by atoms with van der Waals surface area (Å²) in [4.78, 5) is 15.3. The Kier molecular flexibility index (Phi) is 3.13. The molecular weight excluding hydrogens is 273 g/mol. The number of aromatic carboxylic acids is 1. The standard InChI is InChI=1S/C15H12FN3O2/c1-2-9-5-6-11(16)10(8-9)14-17-13(15(20)21)12-4-3-7-19(12)18-14/h3-8H,2H2,1H3,(H,20,21). The summed E-state index contributed by atoms with van der Waals surface area (Å²) in [6.07, 6.45) is 2.35. The van der Waals surface area contributed by atoms with E-state index in [9.17, 15) is 14.3 Å². The average molecular weight is 285 g/mol. The maximum absolute atomic E-state index is 14.0. The number of fused-ring (bicyclic) bond motifs is 1. The summed E-state index contributed by atoms with van der Waals surface area (Å²) >= 11 is 0. The second-order valence-corrected chi connectivity index (χ2v) is 4.59. The fourth-order valence-corrected chi connectivity index (χ4v) is 2.17. The Labute approximate surface area is 119 Å². The van der Waals surface area contributed by atoms with Crippen molar-refractivity contribution in [1.29, 1.82) is 0 Å². The Balaban J connectivity index is 2.27. The number of nitrogens with zero attached hydrogens (tertiary/aromatic N) is 3. The van der Waals surface area contributed by atoms with Gasteiger partial charge in [0.05, 0.1) is 11.1 Å². The number of rotatable bonds is 3. The Morgan fingerprint density at radius 2 is 2.19 bits per heavy atom. The van der Waals surface area contributed by atoms with Crippen LogP contribution < -0.4 is 0 Å². The smallest absolute Gasteiger partial charge is 0.356 e.